The molecule has 0 fully saturated rings. The van der Waals surface area contributed by atoms with Crippen molar-refractivity contribution >= 4 is 5.69 Å². The third-order valence-electron chi connectivity index (χ3n) is 2.03. The summed E-state index contributed by atoms with van der Waals surface area (Å²) in [7, 11) is 0. The molecule has 0 radical (unpaired) electrons. The Hall–Kier alpha value is -1.29. The van der Waals surface area contributed by atoms with Gasteiger partial charge in [0.1, 0.15) is 0 Å². The summed E-state index contributed by atoms with van der Waals surface area (Å²) in [5.74, 6) is 0. The predicted molar refractivity (Wildman–Crippen MR) is 58.5 cm³/mol. The van der Waals surface area contributed by atoms with Crippen LogP contribution in [-0.4, -0.2) is 17.7 Å². The lowest BCUT2D eigenvalue weighted by molar-refractivity contribution is 0.727. The van der Waals surface area contributed by atoms with Gasteiger partial charge in [0, 0.05) is 25.4 Å². The van der Waals surface area contributed by atoms with Gasteiger partial charge in [-0.1, -0.05) is 0 Å². The summed E-state index contributed by atoms with van der Waals surface area (Å²) in [5.41, 5.74) is 6.39. The van der Waals surface area contributed by atoms with Crippen LogP contribution in [0.5, 0.6) is 0 Å². The van der Waals surface area contributed by atoms with Crippen LogP contribution < -0.4 is 16.6 Å². The van der Waals surface area contributed by atoms with Gasteiger partial charge in [0.05, 0.1) is 5.69 Å². The van der Waals surface area contributed by atoms with Crippen molar-refractivity contribution in [3.63, 3.8) is 0 Å². The lowest BCUT2D eigenvalue weighted by atomic mass is 10.3. The van der Waals surface area contributed by atoms with E-state index in [9.17, 15) is 4.79 Å². The van der Waals surface area contributed by atoms with Crippen LogP contribution >= 0.6 is 0 Å². The highest BCUT2D eigenvalue weighted by molar-refractivity contribution is 5.39. The Morgan fingerprint density at radius 1 is 1.50 bits per heavy atom. The molecule has 0 spiro atoms. The molecule has 0 aromatic carbocycles. The van der Waals surface area contributed by atoms with Crippen LogP contribution in [0, 0.1) is 0 Å². The molecule has 1 aromatic heterocycles. The minimum atomic E-state index is 0.0388. The molecule has 4 heteroatoms. The molecule has 0 saturated heterocycles. The maximum Gasteiger partial charge on any atom is 0.250 e. The lowest BCUT2D eigenvalue weighted by Crippen LogP contribution is -2.18. The standard InChI is InChI=1S/C10H17N3O/c1-2-13-8-9(4-5-10(13)14)12-7-3-6-11/h4-5,8,12H,2-3,6-7,11H2,1H3. The smallest absolute Gasteiger partial charge is 0.250 e. The minimum absolute atomic E-state index is 0.0388. The highest BCUT2D eigenvalue weighted by Gasteiger charge is 1.95. The maximum absolute atomic E-state index is 11.2. The Morgan fingerprint density at radius 2 is 2.29 bits per heavy atom. The average molecular weight is 195 g/mol. The Morgan fingerprint density at radius 3 is 2.93 bits per heavy atom. The van der Waals surface area contributed by atoms with E-state index in [0.29, 0.717) is 13.1 Å². The highest BCUT2D eigenvalue weighted by atomic mass is 16.1. The van der Waals surface area contributed by atoms with Gasteiger partial charge < -0.3 is 15.6 Å². The summed E-state index contributed by atoms with van der Waals surface area (Å²) in [4.78, 5) is 11.2. The first kappa shape index (κ1) is 10.8. The zero-order valence-corrected chi connectivity index (χ0v) is 8.49. The molecule has 0 bridgehead atoms. The van der Waals surface area contributed by atoms with Crippen LogP contribution in [0.1, 0.15) is 13.3 Å². The van der Waals surface area contributed by atoms with Crippen LogP contribution in [-0.2, 0) is 6.54 Å². The molecule has 0 amide bonds. The number of aryl methyl sites for hydroxylation is 1. The summed E-state index contributed by atoms with van der Waals surface area (Å²) in [5, 5.41) is 3.21. The van der Waals surface area contributed by atoms with E-state index in [2.05, 4.69) is 5.32 Å². The number of pyridine rings is 1. The Labute approximate surface area is 83.7 Å². The monoisotopic (exact) mass is 195 g/mol. The highest BCUT2D eigenvalue weighted by Crippen LogP contribution is 2.02. The van der Waals surface area contributed by atoms with Crippen molar-refractivity contribution in [1.29, 1.82) is 0 Å². The fourth-order valence-electron chi connectivity index (χ4n) is 1.22. The zero-order valence-electron chi connectivity index (χ0n) is 8.49. The van der Waals surface area contributed by atoms with E-state index in [1.165, 1.54) is 0 Å². The molecular weight excluding hydrogens is 178 g/mol. The fraction of sp³-hybridized carbons (Fsp3) is 0.500. The number of nitrogens with zero attached hydrogens (tertiary/aromatic N) is 1. The third kappa shape index (κ3) is 2.88. The van der Waals surface area contributed by atoms with Gasteiger partial charge in [-0.25, -0.2) is 0 Å². The van der Waals surface area contributed by atoms with Gasteiger partial charge in [0.15, 0.2) is 0 Å². The van der Waals surface area contributed by atoms with E-state index in [-0.39, 0.29) is 5.56 Å². The van der Waals surface area contributed by atoms with E-state index in [1.807, 2.05) is 13.1 Å². The molecule has 1 heterocycles. The van der Waals surface area contributed by atoms with Gasteiger partial charge in [-0.05, 0) is 26.0 Å². The van der Waals surface area contributed by atoms with Crippen molar-refractivity contribution in [2.75, 3.05) is 18.4 Å². The molecule has 1 rings (SSSR count). The van der Waals surface area contributed by atoms with Crippen LogP contribution in [0.2, 0.25) is 0 Å². The number of hydrogen-bond acceptors (Lipinski definition) is 3. The quantitative estimate of drug-likeness (QED) is 0.677. The van der Waals surface area contributed by atoms with Gasteiger partial charge in [-0.2, -0.15) is 0 Å². The van der Waals surface area contributed by atoms with Gasteiger partial charge in [-0.15, -0.1) is 0 Å². The summed E-state index contributed by atoms with van der Waals surface area (Å²) < 4.78 is 1.67. The second kappa shape index (κ2) is 5.44. The number of nitrogens with one attached hydrogen (secondary N) is 1. The molecule has 1 aromatic rings. The van der Waals surface area contributed by atoms with Crippen molar-refractivity contribution in [2.24, 2.45) is 5.73 Å². The number of rotatable bonds is 5. The molecule has 78 valence electrons. The summed E-state index contributed by atoms with van der Waals surface area (Å²) in [6.07, 6.45) is 2.77. The van der Waals surface area contributed by atoms with Crippen molar-refractivity contribution in [1.82, 2.24) is 4.57 Å². The van der Waals surface area contributed by atoms with Crippen LogP contribution in [0.15, 0.2) is 23.1 Å². The molecule has 4 nitrogen and oxygen atoms in total. The molecule has 0 atom stereocenters. The van der Waals surface area contributed by atoms with E-state index in [1.54, 1.807) is 16.7 Å². The molecule has 0 aliphatic carbocycles. The third-order valence-corrected chi connectivity index (χ3v) is 2.03. The molecule has 14 heavy (non-hydrogen) atoms. The predicted octanol–water partition coefficient (Wildman–Crippen LogP) is 0.629. The molecule has 0 aliphatic heterocycles. The summed E-state index contributed by atoms with van der Waals surface area (Å²) >= 11 is 0. The second-order valence-corrected chi connectivity index (χ2v) is 3.11. The van der Waals surface area contributed by atoms with Gasteiger partial charge in [0.25, 0.3) is 5.56 Å². The van der Waals surface area contributed by atoms with Crippen LogP contribution in [0.4, 0.5) is 5.69 Å². The molecule has 0 unspecified atom stereocenters. The van der Waals surface area contributed by atoms with E-state index in [0.717, 1.165) is 18.7 Å². The summed E-state index contributed by atoms with van der Waals surface area (Å²) in [6, 6.07) is 3.37. The number of hydrogen-bond donors (Lipinski definition) is 2. The van der Waals surface area contributed by atoms with Crippen LogP contribution in [0.3, 0.4) is 0 Å². The molecular formula is C10H17N3O. The summed E-state index contributed by atoms with van der Waals surface area (Å²) in [6.45, 7) is 4.18. The van der Waals surface area contributed by atoms with Crippen molar-refractivity contribution in [2.45, 2.75) is 19.9 Å². The first-order valence-electron chi connectivity index (χ1n) is 4.92. The van der Waals surface area contributed by atoms with E-state index < -0.39 is 0 Å². The minimum Gasteiger partial charge on any atom is -0.384 e. The fourth-order valence-corrected chi connectivity index (χ4v) is 1.22. The van der Waals surface area contributed by atoms with E-state index >= 15 is 0 Å². The average Bonchev–Trinajstić information content (AvgIpc) is 2.21. The Balaban J connectivity index is 2.65. The first-order chi connectivity index (χ1) is 6.77. The Bertz CT molecular complexity index is 332. The van der Waals surface area contributed by atoms with Crippen LogP contribution in [0.25, 0.3) is 0 Å². The van der Waals surface area contributed by atoms with Crippen molar-refractivity contribution < 1.29 is 0 Å². The SMILES string of the molecule is CCn1cc(NCCCN)ccc1=O. The Kier molecular flexibility index (Phi) is 4.19. The van der Waals surface area contributed by atoms with Gasteiger partial charge >= 0.3 is 0 Å². The molecule has 3 N–H and O–H groups in total. The number of anilines is 1. The largest absolute Gasteiger partial charge is 0.384 e. The van der Waals surface area contributed by atoms with Gasteiger partial charge in [0.2, 0.25) is 0 Å². The molecule has 0 saturated carbocycles. The van der Waals surface area contributed by atoms with Crippen molar-refractivity contribution in [3.8, 4) is 0 Å². The first-order valence-corrected chi connectivity index (χ1v) is 4.92. The second-order valence-electron chi connectivity index (χ2n) is 3.11. The number of aromatic nitrogens is 1. The van der Waals surface area contributed by atoms with E-state index in [4.69, 9.17) is 5.73 Å². The topological polar surface area (TPSA) is 60.1 Å². The van der Waals surface area contributed by atoms with Gasteiger partial charge in [-0.3, -0.25) is 4.79 Å². The maximum atomic E-state index is 11.2. The number of nitrogens with two attached hydrogens (primary N) is 1. The lowest BCUT2D eigenvalue weighted by Gasteiger charge is -2.07. The van der Waals surface area contributed by atoms with Crippen molar-refractivity contribution in [3.05, 3.63) is 28.7 Å². The normalized spacial score (nSPS) is 10.1. The molecule has 0 aliphatic rings. The zero-order chi connectivity index (χ0) is 10.4.